The molecule has 4 aromatic rings. The molecule has 4 aromatic carbocycles. The van der Waals surface area contributed by atoms with Crippen molar-refractivity contribution < 1.29 is 29.2 Å². The quantitative estimate of drug-likeness (QED) is 0.288. The average molecular weight is 525 g/mol. The Morgan fingerprint density at radius 3 is 1.46 bits per heavy atom. The van der Waals surface area contributed by atoms with Crippen LogP contribution < -0.4 is 18.9 Å². The number of benzene rings is 4. The van der Waals surface area contributed by atoms with Crippen LogP contribution >= 0.6 is 0 Å². The predicted molar refractivity (Wildman–Crippen MR) is 148 cm³/mol. The summed E-state index contributed by atoms with van der Waals surface area (Å²) in [6, 6.07) is 23.5. The normalized spacial score (nSPS) is 17.8. The number of hydrogen-bond donors (Lipinski definition) is 2. The first-order valence-electron chi connectivity index (χ1n) is 13.3. The van der Waals surface area contributed by atoms with Gasteiger partial charge in [0.2, 0.25) is 0 Å². The maximum atomic E-state index is 11.2. The summed E-state index contributed by atoms with van der Waals surface area (Å²) in [6.45, 7) is 0. The van der Waals surface area contributed by atoms with Gasteiger partial charge in [-0.05, 0) is 36.8 Å². The van der Waals surface area contributed by atoms with E-state index < -0.39 is 0 Å². The van der Waals surface area contributed by atoms with Gasteiger partial charge in [0.1, 0.15) is 46.7 Å². The molecule has 2 N–H and O–H groups in total. The summed E-state index contributed by atoms with van der Waals surface area (Å²) in [5.74, 6) is 2.51. The SMILES string of the molecule is COc1cc(O)c(Cc2c(O)cc(OC)c3c2OC(c2ccccc2)CC3)c2c1CCC(c1ccccc1)O2. The van der Waals surface area contributed by atoms with Crippen LogP contribution in [0.3, 0.4) is 0 Å². The minimum absolute atomic E-state index is 0.0544. The number of rotatable bonds is 6. The van der Waals surface area contributed by atoms with Gasteiger partial charge in [-0.25, -0.2) is 0 Å². The molecule has 0 aliphatic carbocycles. The molecule has 0 radical (unpaired) electrons. The van der Waals surface area contributed by atoms with Crippen molar-refractivity contribution in [3.05, 3.63) is 106 Å². The maximum Gasteiger partial charge on any atom is 0.134 e. The molecule has 0 saturated carbocycles. The third kappa shape index (κ3) is 4.60. The Balaban J connectivity index is 1.44. The molecule has 2 heterocycles. The highest BCUT2D eigenvalue weighted by molar-refractivity contribution is 5.64. The third-order valence-electron chi connectivity index (χ3n) is 7.81. The van der Waals surface area contributed by atoms with E-state index >= 15 is 0 Å². The molecule has 6 heteroatoms. The van der Waals surface area contributed by atoms with Crippen LogP contribution in [0.2, 0.25) is 0 Å². The largest absolute Gasteiger partial charge is 0.507 e. The molecule has 0 bridgehead atoms. The van der Waals surface area contributed by atoms with Gasteiger partial charge in [0.15, 0.2) is 0 Å². The number of ether oxygens (including phenoxy) is 4. The lowest BCUT2D eigenvalue weighted by Gasteiger charge is -2.32. The van der Waals surface area contributed by atoms with Gasteiger partial charge in [-0.1, -0.05) is 60.7 Å². The molecule has 0 fully saturated rings. The Morgan fingerprint density at radius 1 is 0.667 bits per heavy atom. The summed E-state index contributed by atoms with van der Waals surface area (Å²) in [4.78, 5) is 0. The highest BCUT2D eigenvalue weighted by atomic mass is 16.5. The summed E-state index contributed by atoms with van der Waals surface area (Å²) in [5, 5.41) is 22.4. The molecule has 2 atom stereocenters. The van der Waals surface area contributed by atoms with Crippen LogP contribution in [0.5, 0.6) is 34.5 Å². The Hall–Kier alpha value is -4.32. The standard InChI is InChI=1S/C33H32O6/c1-36-30-18-26(34)24(32-22(30)13-15-28(38-32)20-9-5-3-6-10-20)17-25-27(35)19-31(37-2)23-14-16-29(39-33(23)25)21-11-7-4-8-12-21/h3-12,18-19,28-29,34-35H,13-17H2,1-2H3. The van der Waals surface area contributed by atoms with Gasteiger partial charge in [-0.3, -0.25) is 0 Å². The monoisotopic (exact) mass is 524 g/mol. The molecule has 39 heavy (non-hydrogen) atoms. The molecule has 0 saturated heterocycles. The van der Waals surface area contributed by atoms with Gasteiger partial charge in [-0.15, -0.1) is 0 Å². The van der Waals surface area contributed by atoms with E-state index in [1.807, 2.05) is 36.4 Å². The van der Waals surface area contributed by atoms with E-state index in [0.717, 1.165) is 47.9 Å². The van der Waals surface area contributed by atoms with Gasteiger partial charge in [0.25, 0.3) is 0 Å². The van der Waals surface area contributed by atoms with Crippen LogP contribution in [0.1, 0.15) is 58.4 Å². The van der Waals surface area contributed by atoms with E-state index in [-0.39, 0.29) is 30.1 Å². The fourth-order valence-electron chi connectivity index (χ4n) is 5.82. The molecule has 0 amide bonds. The molecule has 0 aromatic heterocycles. The van der Waals surface area contributed by atoms with Crippen LogP contribution in [0.4, 0.5) is 0 Å². The number of aromatic hydroxyl groups is 2. The van der Waals surface area contributed by atoms with Gasteiger partial charge in [0, 0.05) is 40.8 Å². The van der Waals surface area contributed by atoms with Gasteiger partial charge in [-0.2, -0.15) is 0 Å². The van der Waals surface area contributed by atoms with E-state index in [9.17, 15) is 10.2 Å². The molecule has 2 unspecified atom stereocenters. The molecular weight excluding hydrogens is 492 g/mol. The topological polar surface area (TPSA) is 77.4 Å². The lowest BCUT2D eigenvalue weighted by Crippen LogP contribution is -2.19. The van der Waals surface area contributed by atoms with E-state index in [1.54, 1.807) is 26.4 Å². The second-order valence-electron chi connectivity index (χ2n) is 10.1. The van der Waals surface area contributed by atoms with Crippen LogP contribution in [-0.2, 0) is 19.3 Å². The minimum atomic E-state index is -0.152. The second-order valence-corrected chi connectivity index (χ2v) is 10.1. The van der Waals surface area contributed by atoms with Crippen molar-refractivity contribution in [3.8, 4) is 34.5 Å². The van der Waals surface area contributed by atoms with Crippen molar-refractivity contribution in [3.63, 3.8) is 0 Å². The number of hydrogen-bond acceptors (Lipinski definition) is 6. The first-order chi connectivity index (χ1) is 19.1. The summed E-state index contributed by atoms with van der Waals surface area (Å²) in [7, 11) is 3.20. The van der Waals surface area contributed by atoms with Crippen LogP contribution in [0, 0.1) is 0 Å². The van der Waals surface area contributed by atoms with Gasteiger partial charge >= 0.3 is 0 Å². The predicted octanol–water partition coefficient (Wildman–Crippen LogP) is 6.84. The number of fused-ring (bicyclic) bond motifs is 2. The fraction of sp³-hybridized carbons (Fsp3) is 0.273. The Bertz CT molecular complexity index is 1370. The number of phenolic OH excluding ortho intramolecular Hbond substituents is 2. The number of methoxy groups -OCH3 is 2. The molecule has 6 nitrogen and oxygen atoms in total. The smallest absolute Gasteiger partial charge is 0.134 e. The van der Waals surface area contributed by atoms with Gasteiger partial charge < -0.3 is 29.2 Å². The van der Waals surface area contributed by atoms with Gasteiger partial charge in [0.05, 0.1) is 14.2 Å². The van der Waals surface area contributed by atoms with Crippen LogP contribution in [0.25, 0.3) is 0 Å². The molecule has 2 aliphatic heterocycles. The Morgan fingerprint density at radius 2 is 1.08 bits per heavy atom. The fourth-order valence-corrected chi connectivity index (χ4v) is 5.82. The average Bonchev–Trinajstić information content (AvgIpc) is 2.99. The van der Waals surface area contributed by atoms with E-state index in [0.29, 0.717) is 34.1 Å². The Kier molecular flexibility index (Phi) is 6.69. The molecule has 2 aliphatic rings. The molecule has 0 spiro atoms. The highest BCUT2D eigenvalue weighted by Crippen LogP contribution is 2.50. The van der Waals surface area contributed by atoms with Crippen molar-refractivity contribution in [1.29, 1.82) is 0 Å². The zero-order valence-electron chi connectivity index (χ0n) is 22.1. The lowest BCUT2D eigenvalue weighted by molar-refractivity contribution is 0.169. The summed E-state index contributed by atoms with van der Waals surface area (Å²) in [5.41, 5.74) is 5.19. The van der Waals surface area contributed by atoms with Crippen molar-refractivity contribution in [2.45, 2.75) is 44.3 Å². The zero-order chi connectivity index (χ0) is 26.9. The summed E-state index contributed by atoms with van der Waals surface area (Å²) in [6.07, 6.45) is 2.99. The van der Waals surface area contributed by atoms with E-state index in [4.69, 9.17) is 18.9 Å². The second kappa shape index (κ2) is 10.4. The first-order valence-corrected chi connectivity index (χ1v) is 13.3. The van der Waals surface area contributed by atoms with E-state index in [1.165, 1.54) is 0 Å². The molecule has 200 valence electrons. The maximum absolute atomic E-state index is 11.2. The summed E-state index contributed by atoms with van der Waals surface area (Å²) < 4.78 is 24.4. The Labute approximate surface area is 228 Å². The van der Waals surface area contributed by atoms with Crippen molar-refractivity contribution in [2.24, 2.45) is 0 Å². The van der Waals surface area contributed by atoms with E-state index in [2.05, 4.69) is 24.3 Å². The first kappa shape index (κ1) is 25.0. The lowest BCUT2D eigenvalue weighted by atomic mass is 9.89. The molecule has 6 rings (SSSR count). The van der Waals surface area contributed by atoms with Crippen molar-refractivity contribution >= 4 is 0 Å². The zero-order valence-corrected chi connectivity index (χ0v) is 22.1. The summed E-state index contributed by atoms with van der Waals surface area (Å²) >= 11 is 0. The molecular formula is C33H32O6. The minimum Gasteiger partial charge on any atom is -0.507 e. The van der Waals surface area contributed by atoms with Crippen molar-refractivity contribution in [2.75, 3.05) is 14.2 Å². The van der Waals surface area contributed by atoms with Crippen LogP contribution in [0.15, 0.2) is 72.8 Å². The third-order valence-corrected chi connectivity index (χ3v) is 7.81. The number of phenols is 2. The highest BCUT2D eigenvalue weighted by Gasteiger charge is 2.32. The van der Waals surface area contributed by atoms with Crippen molar-refractivity contribution in [1.82, 2.24) is 0 Å². The van der Waals surface area contributed by atoms with Crippen LogP contribution in [-0.4, -0.2) is 24.4 Å².